The first-order valence-corrected chi connectivity index (χ1v) is 10.6. The molecule has 0 radical (unpaired) electrons. The molecule has 0 aliphatic rings. The highest BCUT2D eigenvalue weighted by molar-refractivity contribution is 5.90. The van der Waals surface area contributed by atoms with Crippen LogP contribution in [0.15, 0.2) is 83.9 Å². The number of carbonyl (C=O) groups is 1. The number of rotatable bonds is 8. The van der Waals surface area contributed by atoms with E-state index < -0.39 is 0 Å². The van der Waals surface area contributed by atoms with Gasteiger partial charge in [-0.2, -0.15) is 5.26 Å². The molecule has 33 heavy (non-hydrogen) atoms. The van der Waals surface area contributed by atoms with Gasteiger partial charge in [0.05, 0.1) is 28.9 Å². The molecular weight excluding hydrogens is 416 g/mol. The van der Waals surface area contributed by atoms with Crippen LogP contribution in [0.1, 0.15) is 24.0 Å². The summed E-state index contributed by atoms with van der Waals surface area (Å²) in [5, 5.41) is 12.4. The summed E-state index contributed by atoms with van der Waals surface area (Å²) in [6, 6.07) is 23.7. The molecule has 7 heteroatoms. The van der Waals surface area contributed by atoms with E-state index in [1.54, 1.807) is 42.5 Å². The Morgan fingerprint density at radius 3 is 2.79 bits per heavy atom. The van der Waals surface area contributed by atoms with Gasteiger partial charge in [-0.3, -0.25) is 14.2 Å². The van der Waals surface area contributed by atoms with Gasteiger partial charge in [0.1, 0.15) is 12.4 Å². The highest BCUT2D eigenvalue weighted by Crippen LogP contribution is 2.19. The number of aryl methyl sites for hydroxylation is 1. The molecule has 0 spiro atoms. The maximum absolute atomic E-state index is 12.5. The molecule has 0 aliphatic heterocycles. The van der Waals surface area contributed by atoms with E-state index in [1.165, 1.54) is 10.9 Å². The van der Waals surface area contributed by atoms with Crippen LogP contribution < -0.4 is 15.6 Å². The molecule has 1 heterocycles. The molecule has 7 nitrogen and oxygen atoms in total. The number of aromatic nitrogens is 2. The first-order chi connectivity index (χ1) is 16.1. The van der Waals surface area contributed by atoms with Crippen molar-refractivity contribution in [2.75, 3.05) is 5.32 Å². The zero-order chi connectivity index (χ0) is 23.0. The van der Waals surface area contributed by atoms with E-state index in [4.69, 9.17) is 10.00 Å². The van der Waals surface area contributed by atoms with Crippen LogP contribution in [0, 0.1) is 11.3 Å². The van der Waals surface area contributed by atoms with E-state index in [2.05, 4.69) is 16.4 Å². The number of benzene rings is 3. The van der Waals surface area contributed by atoms with Crippen LogP contribution in [-0.4, -0.2) is 15.5 Å². The minimum atomic E-state index is -0.143. The molecule has 0 fully saturated rings. The SMILES string of the molecule is N#Cc1cccc(COc2cccc(NC(=O)CCCn3cnc4ccccc4c3=O)c2)c1. The number of amides is 1. The smallest absolute Gasteiger partial charge is 0.261 e. The van der Waals surface area contributed by atoms with Gasteiger partial charge in [0.2, 0.25) is 5.91 Å². The fourth-order valence-corrected chi connectivity index (χ4v) is 3.46. The number of para-hydroxylation sites is 1. The van der Waals surface area contributed by atoms with Gasteiger partial charge in [-0.1, -0.05) is 30.3 Å². The molecule has 3 aromatic carbocycles. The van der Waals surface area contributed by atoms with Gasteiger partial charge >= 0.3 is 0 Å². The molecule has 1 aromatic heterocycles. The lowest BCUT2D eigenvalue weighted by Gasteiger charge is -2.10. The Balaban J connectivity index is 1.29. The third kappa shape index (κ3) is 5.63. The van der Waals surface area contributed by atoms with Crippen molar-refractivity contribution in [3.05, 3.63) is 101 Å². The van der Waals surface area contributed by atoms with E-state index in [-0.39, 0.29) is 17.9 Å². The molecule has 0 unspecified atom stereocenters. The number of nitriles is 1. The van der Waals surface area contributed by atoms with Crippen molar-refractivity contribution >= 4 is 22.5 Å². The molecule has 4 rings (SSSR count). The van der Waals surface area contributed by atoms with Gasteiger partial charge in [0, 0.05) is 24.7 Å². The summed E-state index contributed by atoms with van der Waals surface area (Å²) in [6.45, 7) is 0.733. The van der Waals surface area contributed by atoms with Gasteiger partial charge in [-0.25, -0.2) is 4.98 Å². The predicted octanol–water partition coefficient (Wildman–Crippen LogP) is 4.27. The Bertz CT molecular complexity index is 1390. The summed E-state index contributed by atoms with van der Waals surface area (Å²) in [4.78, 5) is 29.2. The van der Waals surface area contributed by atoms with Crippen molar-refractivity contribution in [3.8, 4) is 11.8 Å². The van der Waals surface area contributed by atoms with Crippen molar-refractivity contribution in [1.82, 2.24) is 9.55 Å². The first kappa shape index (κ1) is 21.8. The number of nitrogens with zero attached hydrogens (tertiary/aromatic N) is 3. The molecule has 0 bridgehead atoms. The number of hydrogen-bond acceptors (Lipinski definition) is 5. The maximum Gasteiger partial charge on any atom is 0.261 e. The van der Waals surface area contributed by atoms with Crippen LogP contribution in [0.3, 0.4) is 0 Å². The Labute approximate surface area is 190 Å². The standard InChI is InChI=1S/C26H22N4O3/c27-16-19-6-3-7-20(14-19)17-33-22-9-4-8-21(15-22)29-25(31)12-5-13-30-18-28-24-11-2-1-10-23(24)26(30)32/h1-4,6-11,14-15,18H,5,12-13,17H2,(H,29,31). The lowest BCUT2D eigenvalue weighted by Crippen LogP contribution is -2.21. The summed E-state index contributed by atoms with van der Waals surface area (Å²) >= 11 is 0. The highest BCUT2D eigenvalue weighted by atomic mass is 16.5. The quantitative estimate of drug-likeness (QED) is 0.443. The van der Waals surface area contributed by atoms with Crippen LogP contribution in [-0.2, 0) is 17.9 Å². The van der Waals surface area contributed by atoms with Crippen LogP contribution in [0.25, 0.3) is 10.9 Å². The van der Waals surface area contributed by atoms with Gasteiger partial charge in [-0.05, 0) is 48.4 Å². The van der Waals surface area contributed by atoms with E-state index in [1.807, 2.05) is 30.3 Å². The van der Waals surface area contributed by atoms with Gasteiger partial charge in [0.25, 0.3) is 5.56 Å². The van der Waals surface area contributed by atoms with E-state index >= 15 is 0 Å². The first-order valence-electron chi connectivity index (χ1n) is 10.6. The third-order valence-electron chi connectivity index (χ3n) is 5.11. The molecular formula is C26H22N4O3. The zero-order valence-electron chi connectivity index (χ0n) is 17.9. The molecule has 0 saturated heterocycles. The summed E-state index contributed by atoms with van der Waals surface area (Å²) in [5.41, 5.74) is 2.66. The molecule has 1 N–H and O–H groups in total. The summed E-state index contributed by atoms with van der Waals surface area (Å²) in [6.07, 6.45) is 2.30. The Kier molecular flexibility index (Phi) is 6.76. The van der Waals surface area contributed by atoms with Crippen LogP contribution >= 0.6 is 0 Å². The van der Waals surface area contributed by atoms with E-state index in [0.29, 0.717) is 47.5 Å². The van der Waals surface area contributed by atoms with Crippen LogP contribution in [0.5, 0.6) is 5.75 Å². The van der Waals surface area contributed by atoms with Crippen molar-refractivity contribution < 1.29 is 9.53 Å². The molecule has 0 aliphatic carbocycles. The highest BCUT2D eigenvalue weighted by Gasteiger charge is 2.07. The van der Waals surface area contributed by atoms with Crippen LogP contribution in [0.2, 0.25) is 0 Å². The van der Waals surface area contributed by atoms with Gasteiger partial charge in [-0.15, -0.1) is 0 Å². The van der Waals surface area contributed by atoms with Gasteiger partial charge in [0.15, 0.2) is 0 Å². The van der Waals surface area contributed by atoms with Crippen molar-refractivity contribution in [3.63, 3.8) is 0 Å². The Morgan fingerprint density at radius 2 is 1.91 bits per heavy atom. The third-order valence-corrected chi connectivity index (χ3v) is 5.11. The number of fused-ring (bicyclic) bond motifs is 1. The largest absolute Gasteiger partial charge is 0.489 e. The molecule has 0 saturated carbocycles. The predicted molar refractivity (Wildman–Crippen MR) is 126 cm³/mol. The summed E-state index contributed by atoms with van der Waals surface area (Å²) < 4.78 is 7.33. The van der Waals surface area contributed by atoms with Gasteiger partial charge < -0.3 is 10.1 Å². The lowest BCUT2D eigenvalue weighted by molar-refractivity contribution is -0.116. The minimum absolute atomic E-state index is 0.105. The normalized spacial score (nSPS) is 10.5. The Morgan fingerprint density at radius 1 is 1.06 bits per heavy atom. The summed E-state index contributed by atoms with van der Waals surface area (Å²) in [7, 11) is 0. The number of carbonyl (C=O) groups excluding carboxylic acids is 1. The fourth-order valence-electron chi connectivity index (χ4n) is 3.46. The second-order valence-electron chi connectivity index (χ2n) is 7.54. The lowest BCUT2D eigenvalue weighted by atomic mass is 10.1. The average Bonchev–Trinajstić information content (AvgIpc) is 2.85. The number of nitrogens with one attached hydrogen (secondary N) is 1. The van der Waals surface area contributed by atoms with Crippen molar-refractivity contribution in [2.24, 2.45) is 0 Å². The molecule has 4 aromatic rings. The maximum atomic E-state index is 12.5. The van der Waals surface area contributed by atoms with Crippen molar-refractivity contribution in [1.29, 1.82) is 5.26 Å². The number of ether oxygens (including phenoxy) is 1. The van der Waals surface area contributed by atoms with E-state index in [9.17, 15) is 9.59 Å². The fraction of sp³-hybridized carbons (Fsp3) is 0.154. The molecule has 1 amide bonds. The second-order valence-corrected chi connectivity index (χ2v) is 7.54. The topological polar surface area (TPSA) is 97.0 Å². The molecule has 164 valence electrons. The average molecular weight is 438 g/mol. The zero-order valence-corrected chi connectivity index (χ0v) is 17.9. The molecule has 0 atom stereocenters. The second kappa shape index (κ2) is 10.2. The Hall–Kier alpha value is -4.44. The monoisotopic (exact) mass is 438 g/mol. The number of hydrogen-bond donors (Lipinski definition) is 1. The van der Waals surface area contributed by atoms with E-state index in [0.717, 1.165) is 5.56 Å². The van der Waals surface area contributed by atoms with Crippen molar-refractivity contribution in [2.45, 2.75) is 26.0 Å². The minimum Gasteiger partial charge on any atom is -0.489 e. The number of anilines is 1. The van der Waals surface area contributed by atoms with Crippen LogP contribution in [0.4, 0.5) is 5.69 Å². The summed E-state index contributed by atoms with van der Waals surface area (Å²) in [5.74, 6) is 0.472.